The maximum absolute atomic E-state index is 12.2. The van der Waals surface area contributed by atoms with E-state index in [4.69, 9.17) is 5.73 Å². The average Bonchev–Trinajstić information content (AvgIpc) is 2.48. The molecule has 0 bridgehead atoms. The number of hydrogen-bond donors (Lipinski definition) is 2. The molecule has 4 heteroatoms. The van der Waals surface area contributed by atoms with Gasteiger partial charge in [0.05, 0.1) is 5.56 Å². The smallest absolute Gasteiger partial charge is 0.253 e. The van der Waals surface area contributed by atoms with E-state index in [-0.39, 0.29) is 5.91 Å². The quantitative estimate of drug-likeness (QED) is 0.829. The molecular formula is C17H21N3O. The highest BCUT2D eigenvalue weighted by molar-refractivity contribution is 6.00. The molecule has 0 fully saturated rings. The molecule has 110 valence electrons. The molecule has 0 saturated carbocycles. The number of rotatable bonds is 5. The van der Waals surface area contributed by atoms with Crippen LogP contribution in [0.25, 0.3) is 0 Å². The van der Waals surface area contributed by atoms with Gasteiger partial charge in [-0.05, 0) is 30.7 Å². The van der Waals surface area contributed by atoms with Crippen molar-refractivity contribution in [1.82, 2.24) is 5.32 Å². The molecule has 0 aliphatic heterocycles. The highest BCUT2D eigenvalue weighted by Gasteiger charge is 2.14. The molecule has 2 aromatic carbocycles. The second-order valence-electron chi connectivity index (χ2n) is 4.98. The summed E-state index contributed by atoms with van der Waals surface area (Å²) >= 11 is 0. The van der Waals surface area contributed by atoms with Crippen LogP contribution in [-0.2, 0) is 6.54 Å². The summed E-state index contributed by atoms with van der Waals surface area (Å²) < 4.78 is 0. The molecule has 0 radical (unpaired) electrons. The van der Waals surface area contributed by atoms with Crippen LogP contribution in [0.15, 0.2) is 48.5 Å². The molecule has 3 N–H and O–H groups in total. The van der Waals surface area contributed by atoms with Crippen molar-refractivity contribution in [3.8, 4) is 0 Å². The van der Waals surface area contributed by atoms with E-state index in [0.717, 1.165) is 12.2 Å². The number of hydrogen-bond acceptors (Lipinski definition) is 3. The number of nitrogens with two attached hydrogens (primary N) is 1. The van der Waals surface area contributed by atoms with Crippen LogP contribution in [-0.4, -0.2) is 19.5 Å². The maximum atomic E-state index is 12.2. The molecule has 0 aliphatic rings. The first kappa shape index (κ1) is 14.9. The Labute approximate surface area is 125 Å². The van der Waals surface area contributed by atoms with Gasteiger partial charge < -0.3 is 16.0 Å². The van der Waals surface area contributed by atoms with Crippen molar-refractivity contribution in [2.24, 2.45) is 0 Å². The minimum atomic E-state index is -0.0975. The van der Waals surface area contributed by atoms with Gasteiger partial charge in [0, 0.05) is 31.5 Å². The molecule has 2 aromatic rings. The van der Waals surface area contributed by atoms with Gasteiger partial charge in [0.15, 0.2) is 0 Å². The normalized spacial score (nSPS) is 10.2. The summed E-state index contributed by atoms with van der Waals surface area (Å²) in [6, 6.07) is 15.6. The van der Waals surface area contributed by atoms with E-state index in [0.29, 0.717) is 17.8 Å². The SMILES string of the molecule is CCNC(=O)c1cc(N)ccc1N(C)Cc1ccccc1. The van der Waals surface area contributed by atoms with Crippen molar-refractivity contribution < 1.29 is 4.79 Å². The lowest BCUT2D eigenvalue weighted by Crippen LogP contribution is -2.26. The summed E-state index contributed by atoms with van der Waals surface area (Å²) in [5.74, 6) is -0.0975. The van der Waals surface area contributed by atoms with Crippen LogP contribution >= 0.6 is 0 Å². The summed E-state index contributed by atoms with van der Waals surface area (Å²) in [5.41, 5.74) is 9.08. The first-order valence-corrected chi connectivity index (χ1v) is 7.04. The van der Waals surface area contributed by atoms with Crippen LogP contribution in [0, 0.1) is 0 Å². The molecule has 0 aliphatic carbocycles. The molecule has 0 saturated heterocycles. The van der Waals surface area contributed by atoms with Crippen molar-refractivity contribution in [3.63, 3.8) is 0 Å². The number of nitrogens with zero attached hydrogens (tertiary/aromatic N) is 1. The van der Waals surface area contributed by atoms with Crippen molar-refractivity contribution in [2.75, 3.05) is 24.2 Å². The fourth-order valence-electron chi connectivity index (χ4n) is 2.27. The lowest BCUT2D eigenvalue weighted by atomic mass is 10.1. The first-order valence-electron chi connectivity index (χ1n) is 7.04. The van der Waals surface area contributed by atoms with Crippen molar-refractivity contribution in [1.29, 1.82) is 0 Å². The van der Waals surface area contributed by atoms with E-state index in [9.17, 15) is 4.79 Å². The summed E-state index contributed by atoms with van der Waals surface area (Å²) in [6.07, 6.45) is 0. The zero-order valence-electron chi connectivity index (χ0n) is 12.5. The fraction of sp³-hybridized carbons (Fsp3) is 0.235. The van der Waals surface area contributed by atoms with Crippen LogP contribution in [0.5, 0.6) is 0 Å². The minimum absolute atomic E-state index is 0.0975. The predicted octanol–water partition coefficient (Wildman–Crippen LogP) is 2.65. The topological polar surface area (TPSA) is 58.4 Å². The second kappa shape index (κ2) is 6.79. The van der Waals surface area contributed by atoms with Gasteiger partial charge in [-0.1, -0.05) is 30.3 Å². The van der Waals surface area contributed by atoms with Crippen LogP contribution in [0.2, 0.25) is 0 Å². The molecule has 0 spiro atoms. The number of carbonyl (C=O) groups is 1. The largest absolute Gasteiger partial charge is 0.399 e. The molecule has 0 atom stereocenters. The van der Waals surface area contributed by atoms with Crippen molar-refractivity contribution in [2.45, 2.75) is 13.5 Å². The summed E-state index contributed by atoms with van der Waals surface area (Å²) in [7, 11) is 1.97. The van der Waals surface area contributed by atoms with Gasteiger partial charge in [0.2, 0.25) is 0 Å². The Morgan fingerprint density at radius 3 is 2.57 bits per heavy atom. The Kier molecular flexibility index (Phi) is 4.82. The van der Waals surface area contributed by atoms with Gasteiger partial charge in [0.1, 0.15) is 0 Å². The van der Waals surface area contributed by atoms with Gasteiger partial charge >= 0.3 is 0 Å². The van der Waals surface area contributed by atoms with E-state index >= 15 is 0 Å². The Morgan fingerprint density at radius 1 is 1.19 bits per heavy atom. The summed E-state index contributed by atoms with van der Waals surface area (Å²) in [6.45, 7) is 3.23. The van der Waals surface area contributed by atoms with E-state index in [1.54, 1.807) is 6.07 Å². The zero-order chi connectivity index (χ0) is 15.2. The van der Waals surface area contributed by atoms with Gasteiger partial charge in [-0.15, -0.1) is 0 Å². The monoisotopic (exact) mass is 283 g/mol. The third kappa shape index (κ3) is 3.75. The number of nitrogen functional groups attached to an aromatic ring is 1. The Balaban J connectivity index is 2.27. The molecule has 0 unspecified atom stereocenters. The lowest BCUT2D eigenvalue weighted by Gasteiger charge is -2.22. The highest BCUT2D eigenvalue weighted by atomic mass is 16.1. The molecule has 4 nitrogen and oxygen atoms in total. The number of benzene rings is 2. The third-order valence-corrected chi connectivity index (χ3v) is 3.28. The molecule has 0 heterocycles. The predicted molar refractivity (Wildman–Crippen MR) is 87.4 cm³/mol. The van der Waals surface area contributed by atoms with E-state index in [2.05, 4.69) is 22.3 Å². The molecule has 1 amide bonds. The van der Waals surface area contributed by atoms with E-state index in [1.165, 1.54) is 5.56 Å². The molecule has 0 aromatic heterocycles. The summed E-state index contributed by atoms with van der Waals surface area (Å²) in [4.78, 5) is 14.2. The highest BCUT2D eigenvalue weighted by Crippen LogP contribution is 2.23. The number of nitrogens with one attached hydrogen (secondary N) is 1. The van der Waals surface area contributed by atoms with Crippen molar-refractivity contribution >= 4 is 17.3 Å². The first-order chi connectivity index (χ1) is 10.1. The van der Waals surface area contributed by atoms with Crippen LogP contribution in [0.4, 0.5) is 11.4 Å². The van der Waals surface area contributed by atoms with Gasteiger partial charge in [-0.25, -0.2) is 0 Å². The zero-order valence-corrected chi connectivity index (χ0v) is 12.5. The fourth-order valence-corrected chi connectivity index (χ4v) is 2.27. The van der Waals surface area contributed by atoms with Gasteiger partial charge in [-0.2, -0.15) is 0 Å². The standard InChI is InChI=1S/C17H21N3O/c1-3-19-17(21)15-11-14(18)9-10-16(15)20(2)12-13-7-5-4-6-8-13/h4-11H,3,12,18H2,1-2H3,(H,19,21). The Bertz CT molecular complexity index is 611. The number of amides is 1. The Morgan fingerprint density at radius 2 is 1.90 bits per heavy atom. The molecule has 2 rings (SSSR count). The van der Waals surface area contributed by atoms with Gasteiger partial charge in [-0.3, -0.25) is 4.79 Å². The molecule has 21 heavy (non-hydrogen) atoms. The lowest BCUT2D eigenvalue weighted by molar-refractivity contribution is 0.0956. The van der Waals surface area contributed by atoms with E-state index < -0.39 is 0 Å². The number of carbonyl (C=O) groups excluding carboxylic acids is 1. The second-order valence-corrected chi connectivity index (χ2v) is 4.98. The van der Waals surface area contributed by atoms with Crippen LogP contribution in [0.1, 0.15) is 22.8 Å². The van der Waals surface area contributed by atoms with Gasteiger partial charge in [0.25, 0.3) is 5.91 Å². The van der Waals surface area contributed by atoms with Crippen LogP contribution < -0.4 is 16.0 Å². The van der Waals surface area contributed by atoms with Crippen LogP contribution in [0.3, 0.4) is 0 Å². The average molecular weight is 283 g/mol. The van der Waals surface area contributed by atoms with E-state index in [1.807, 2.05) is 44.3 Å². The third-order valence-electron chi connectivity index (χ3n) is 3.28. The maximum Gasteiger partial charge on any atom is 0.253 e. The summed E-state index contributed by atoms with van der Waals surface area (Å²) in [5, 5.41) is 2.83. The molecular weight excluding hydrogens is 262 g/mol. The minimum Gasteiger partial charge on any atom is -0.399 e. The number of anilines is 2. The van der Waals surface area contributed by atoms with Crippen molar-refractivity contribution in [3.05, 3.63) is 59.7 Å². The Hall–Kier alpha value is -2.49.